The van der Waals surface area contributed by atoms with Gasteiger partial charge in [-0.25, -0.2) is 0 Å². The normalized spacial score (nSPS) is 10.0. The highest BCUT2D eigenvalue weighted by Gasteiger charge is 2.05. The molecule has 0 saturated heterocycles. The van der Waals surface area contributed by atoms with E-state index in [4.69, 9.17) is 27.9 Å². The maximum absolute atomic E-state index is 10.7. The first kappa shape index (κ1) is 12.0. The van der Waals surface area contributed by atoms with E-state index < -0.39 is 0 Å². The van der Waals surface area contributed by atoms with E-state index >= 15 is 0 Å². The van der Waals surface area contributed by atoms with Crippen LogP contribution in [0, 0.1) is 0 Å². The molecule has 0 fully saturated rings. The van der Waals surface area contributed by atoms with Gasteiger partial charge in [0.05, 0.1) is 5.02 Å². The quantitative estimate of drug-likeness (QED) is 0.760. The van der Waals surface area contributed by atoms with Crippen molar-refractivity contribution in [1.29, 1.82) is 0 Å². The third-order valence-electron chi connectivity index (χ3n) is 2.12. The molecular weight excluding hydrogens is 259 g/mol. The van der Waals surface area contributed by atoms with Crippen LogP contribution in [0.2, 0.25) is 10.0 Å². The third kappa shape index (κ3) is 2.99. The predicted molar refractivity (Wildman–Crippen MR) is 68.4 cm³/mol. The second-order valence-electron chi connectivity index (χ2n) is 3.37. The number of carbonyl (C=O) groups excluding carboxylic acids is 1. The molecule has 0 N–H and O–H groups in total. The highest BCUT2D eigenvalue weighted by atomic mass is 35.5. The van der Waals surface area contributed by atoms with Crippen molar-refractivity contribution in [1.82, 2.24) is 0 Å². The molecule has 0 radical (unpaired) electrons. The van der Waals surface area contributed by atoms with Crippen molar-refractivity contribution in [2.75, 3.05) is 0 Å². The Labute approximate surface area is 109 Å². The van der Waals surface area contributed by atoms with E-state index in [1.54, 1.807) is 42.5 Å². The molecule has 2 rings (SSSR count). The summed E-state index contributed by atoms with van der Waals surface area (Å²) in [6.45, 7) is 0. The summed E-state index contributed by atoms with van der Waals surface area (Å²) in [4.78, 5) is 10.7. The minimum Gasteiger partial charge on any atom is -0.456 e. The highest BCUT2D eigenvalue weighted by Crippen LogP contribution is 2.30. The van der Waals surface area contributed by atoms with Gasteiger partial charge in [0.2, 0.25) is 0 Å². The molecule has 0 unspecified atom stereocenters. The van der Waals surface area contributed by atoms with Gasteiger partial charge >= 0.3 is 0 Å². The van der Waals surface area contributed by atoms with Crippen LogP contribution in [-0.2, 0) is 0 Å². The number of halogens is 2. The first-order chi connectivity index (χ1) is 8.19. The molecule has 2 aromatic carbocycles. The summed E-state index contributed by atoms with van der Waals surface area (Å²) in [7, 11) is 0. The molecule has 4 heteroatoms. The van der Waals surface area contributed by atoms with E-state index in [0.29, 0.717) is 27.1 Å². The van der Waals surface area contributed by atoms with Crippen LogP contribution in [0.1, 0.15) is 10.4 Å². The lowest BCUT2D eigenvalue weighted by Crippen LogP contribution is -1.87. The Hall–Kier alpha value is -1.51. The van der Waals surface area contributed by atoms with E-state index in [0.717, 1.165) is 6.29 Å². The Morgan fingerprint density at radius 1 is 1.06 bits per heavy atom. The van der Waals surface area contributed by atoms with Crippen LogP contribution in [0.4, 0.5) is 0 Å². The summed E-state index contributed by atoms with van der Waals surface area (Å²) in [6, 6.07) is 11.8. The van der Waals surface area contributed by atoms with Crippen LogP contribution in [0.25, 0.3) is 0 Å². The zero-order valence-electron chi connectivity index (χ0n) is 8.69. The zero-order chi connectivity index (χ0) is 12.3. The maximum atomic E-state index is 10.7. The summed E-state index contributed by atoms with van der Waals surface area (Å²) in [5, 5.41) is 1.01. The lowest BCUT2D eigenvalue weighted by Gasteiger charge is -2.08. The Kier molecular flexibility index (Phi) is 3.67. The highest BCUT2D eigenvalue weighted by molar-refractivity contribution is 6.32. The van der Waals surface area contributed by atoms with E-state index in [1.165, 1.54) is 0 Å². The van der Waals surface area contributed by atoms with Gasteiger partial charge in [0.15, 0.2) is 0 Å². The minimum atomic E-state index is 0.429. The summed E-state index contributed by atoms with van der Waals surface area (Å²) in [5.74, 6) is 1.00. The maximum Gasteiger partial charge on any atom is 0.150 e. The van der Waals surface area contributed by atoms with Crippen molar-refractivity contribution in [2.45, 2.75) is 0 Å². The molecule has 17 heavy (non-hydrogen) atoms. The molecule has 0 aliphatic rings. The molecule has 0 aliphatic carbocycles. The van der Waals surface area contributed by atoms with Crippen molar-refractivity contribution >= 4 is 29.5 Å². The van der Waals surface area contributed by atoms with Crippen LogP contribution in [0.5, 0.6) is 11.5 Å². The molecule has 0 saturated carbocycles. The number of ether oxygens (including phenoxy) is 1. The standard InChI is InChI=1S/C13H8Cl2O2/c14-10-2-1-3-11(7-10)17-13-6-9(8-16)4-5-12(13)15/h1-8H. The molecule has 0 heterocycles. The Bertz CT molecular complexity index is 553. The smallest absolute Gasteiger partial charge is 0.150 e. The largest absolute Gasteiger partial charge is 0.456 e. The average molecular weight is 267 g/mol. The fraction of sp³-hybridized carbons (Fsp3) is 0. The summed E-state index contributed by atoms with van der Waals surface area (Å²) < 4.78 is 5.56. The Morgan fingerprint density at radius 3 is 2.59 bits per heavy atom. The SMILES string of the molecule is O=Cc1ccc(Cl)c(Oc2cccc(Cl)c2)c1. The van der Waals surface area contributed by atoms with Crippen molar-refractivity contribution in [3.8, 4) is 11.5 Å². The molecular formula is C13H8Cl2O2. The Balaban J connectivity index is 2.32. The van der Waals surface area contributed by atoms with Gasteiger partial charge in [0, 0.05) is 10.6 Å². The Morgan fingerprint density at radius 2 is 1.88 bits per heavy atom. The molecule has 0 bridgehead atoms. The van der Waals surface area contributed by atoms with E-state index in [-0.39, 0.29) is 0 Å². The fourth-order valence-electron chi connectivity index (χ4n) is 1.33. The van der Waals surface area contributed by atoms with E-state index in [1.807, 2.05) is 0 Å². The summed E-state index contributed by atoms with van der Waals surface area (Å²) >= 11 is 11.8. The number of hydrogen-bond acceptors (Lipinski definition) is 2. The van der Waals surface area contributed by atoms with Crippen LogP contribution >= 0.6 is 23.2 Å². The van der Waals surface area contributed by atoms with Gasteiger partial charge in [-0.15, -0.1) is 0 Å². The second-order valence-corrected chi connectivity index (χ2v) is 4.21. The van der Waals surface area contributed by atoms with E-state index in [2.05, 4.69) is 0 Å². The molecule has 0 amide bonds. The number of aldehydes is 1. The second kappa shape index (κ2) is 5.21. The first-order valence-electron chi connectivity index (χ1n) is 4.87. The van der Waals surface area contributed by atoms with Gasteiger partial charge < -0.3 is 4.74 Å². The lowest BCUT2D eigenvalue weighted by molar-refractivity contribution is 0.112. The van der Waals surface area contributed by atoms with Gasteiger partial charge in [-0.2, -0.15) is 0 Å². The predicted octanol–water partition coefficient (Wildman–Crippen LogP) is 4.60. The molecule has 86 valence electrons. The fourth-order valence-corrected chi connectivity index (χ4v) is 1.67. The number of benzene rings is 2. The molecule has 0 atom stereocenters. The molecule has 2 nitrogen and oxygen atoms in total. The average Bonchev–Trinajstić information content (AvgIpc) is 2.32. The van der Waals surface area contributed by atoms with Gasteiger partial charge in [0.25, 0.3) is 0 Å². The van der Waals surface area contributed by atoms with Crippen molar-refractivity contribution in [3.63, 3.8) is 0 Å². The minimum absolute atomic E-state index is 0.429. The van der Waals surface area contributed by atoms with Crippen LogP contribution in [0.3, 0.4) is 0 Å². The van der Waals surface area contributed by atoms with Gasteiger partial charge in [0.1, 0.15) is 17.8 Å². The number of carbonyl (C=O) groups is 1. The lowest BCUT2D eigenvalue weighted by atomic mass is 10.2. The molecule has 2 aromatic rings. The van der Waals surface area contributed by atoms with Gasteiger partial charge in [-0.05, 0) is 36.4 Å². The third-order valence-corrected chi connectivity index (χ3v) is 2.66. The van der Waals surface area contributed by atoms with Crippen LogP contribution in [0.15, 0.2) is 42.5 Å². The molecule has 0 spiro atoms. The van der Waals surface area contributed by atoms with Crippen molar-refractivity contribution in [3.05, 3.63) is 58.1 Å². The van der Waals surface area contributed by atoms with E-state index in [9.17, 15) is 4.79 Å². The monoisotopic (exact) mass is 266 g/mol. The van der Waals surface area contributed by atoms with Gasteiger partial charge in [-0.3, -0.25) is 4.79 Å². The first-order valence-corrected chi connectivity index (χ1v) is 5.63. The van der Waals surface area contributed by atoms with Crippen LogP contribution in [-0.4, -0.2) is 6.29 Å². The summed E-state index contributed by atoms with van der Waals surface area (Å²) in [6.07, 6.45) is 0.737. The zero-order valence-corrected chi connectivity index (χ0v) is 10.2. The van der Waals surface area contributed by atoms with Crippen molar-refractivity contribution in [2.24, 2.45) is 0 Å². The summed E-state index contributed by atoms with van der Waals surface area (Å²) in [5.41, 5.74) is 0.506. The number of hydrogen-bond donors (Lipinski definition) is 0. The van der Waals surface area contributed by atoms with Crippen molar-refractivity contribution < 1.29 is 9.53 Å². The number of rotatable bonds is 3. The van der Waals surface area contributed by atoms with Crippen LogP contribution < -0.4 is 4.74 Å². The van der Waals surface area contributed by atoms with Gasteiger partial charge in [-0.1, -0.05) is 29.3 Å². The molecule has 0 aliphatic heterocycles. The topological polar surface area (TPSA) is 26.3 Å². The molecule has 0 aromatic heterocycles.